The third-order valence-electron chi connectivity index (χ3n) is 3.10. The quantitative estimate of drug-likeness (QED) is 0.709. The first kappa shape index (κ1) is 14.6. The molecule has 0 fully saturated rings. The van der Waals surface area contributed by atoms with Crippen molar-refractivity contribution in [3.05, 3.63) is 57.9 Å². The Labute approximate surface area is 135 Å². The number of aryl methyl sites for hydroxylation is 1. The van der Waals surface area contributed by atoms with Crippen LogP contribution in [0.25, 0.3) is 10.8 Å². The fraction of sp³-hybridized carbons (Fsp3) is 0.0667. The van der Waals surface area contributed by atoms with Gasteiger partial charge in [0.15, 0.2) is 0 Å². The first-order chi connectivity index (χ1) is 9.97. The van der Waals surface area contributed by atoms with E-state index in [2.05, 4.69) is 20.7 Å². The van der Waals surface area contributed by atoms with Crippen molar-refractivity contribution in [2.24, 2.45) is 0 Å². The van der Waals surface area contributed by atoms with Gasteiger partial charge < -0.3 is 0 Å². The van der Waals surface area contributed by atoms with E-state index in [1.165, 1.54) is 11.3 Å². The second-order valence-corrected chi connectivity index (χ2v) is 8.66. The summed E-state index contributed by atoms with van der Waals surface area (Å²) in [5.41, 5.74) is 0.583. The Morgan fingerprint density at radius 1 is 1.00 bits per heavy atom. The standard InChI is InChI=1S/C15H12BrNO2S2/c1-10-6-9-15(20-10)21(18,19)17-14-8-7-13(16)11-4-2-3-5-12(11)14/h2-9,17H,1H3. The zero-order valence-electron chi connectivity index (χ0n) is 11.1. The lowest BCUT2D eigenvalue weighted by Crippen LogP contribution is -2.11. The van der Waals surface area contributed by atoms with Crippen molar-refractivity contribution in [1.29, 1.82) is 0 Å². The molecule has 1 aromatic heterocycles. The van der Waals surface area contributed by atoms with Crippen molar-refractivity contribution in [3.63, 3.8) is 0 Å². The molecule has 0 atom stereocenters. The normalized spacial score (nSPS) is 11.7. The van der Waals surface area contributed by atoms with Gasteiger partial charge in [-0.3, -0.25) is 4.72 Å². The number of hydrogen-bond donors (Lipinski definition) is 1. The highest BCUT2D eigenvalue weighted by Crippen LogP contribution is 2.32. The van der Waals surface area contributed by atoms with Gasteiger partial charge in [-0.2, -0.15) is 0 Å². The number of anilines is 1. The number of hydrogen-bond acceptors (Lipinski definition) is 3. The van der Waals surface area contributed by atoms with E-state index >= 15 is 0 Å². The molecule has 0 saturated heterocycles. The smallest absolute Gasteiger partial charge is 0.271 e. The van der Waals surface area contributed by atoms with Crippen LogP contribution in [0.15, 0.2) is 57.2 Å². The van der Waals surface area contributed by atoms with Crippen molar-refractivity contribution in [3.8, 4) is 0 Å². The zero-order valence-corrected chi connectivity index (χ0v) is 14.3. The highest BCUT2D eigenvalue weighted by atomic mass is 79.9. The number of nitrogens with one attached hydrogen (secondary N) is 1. The maximum Gasteiger partial charge on any atom is 0.271 e. The molecule has 0 aliphatic heterocycles. The van der Waals surface area contributed by atoms with Gasteiger partial charge in [-0.15, -0.1) is 11.3 Å². The van der Waals surface area contributed by atoms with E-state index in [0.717, 1.165) is 20.1 Å². The number of halogens is 1. The lowest BCUT2D eigenvalue weighted by Gasteiger charge is -2.10. The van der Waals surface area contributed by atoms with Crippen molar-refractivity contribution in [1.82, 2.24) is 0 Å². The average Bonchev–Trinajstić information content (AvgIpc) is 2.90. The fourth-order valence-electron chi connectivity index (χ4n) is 2.10. The SMILES string of the molecule is Cc1ccc(S(=O)(=O)Nc2ccc(Br)c3ccccc23)s1. The van der Waals surface area contributed by atoms with Crippen molar-refractivity contribution in [2.45, 2.75) is 11.1 Å². The Balaban J connectivity index is 2.08. The molecule has 0 amide bonds. The number of benzene rings is 2. The fourth-order valence-corrected chi connectivity index (χ4v) is 4.94. The maximum absolute atomic E-state index is 12.4. The molecule has 3 nitrogen and oxygen atoms in total. The minimum atomic E-state index is -3.54. The Hall–Kier alpha value is -1.37. The predicted molar refractivity (Wildman–Crippen MR) is 91.5 cm³/mol. The molecule has 0 bridgehead atoms. The summed E-state index contributed by atoms with van der Waals surface area (Å²) in [5, 5.41) is 1.84. The summed E-state index contributed by atoms with van der Waals surface area (Å²) in [6, 6.07) is 14.7. The Morgan fingerprint density at radius 3 is 2.38 bits per heavy atom. The zero-order chi connectivity index (χ0) is 15.0. The first-order valence-corrected chi connectivity index (χ1v) is 9.33. The summed E-state index contributed by atoms with van der Waals surface area (Å²) < 4.78 is 28.8. The first-order valence-electron chi connectivity index (χ1n) is 6.24. The molecule has 0 aliphatic rings. The van der Waals surface area contributed by atoms with Gasteiger partial charge in [0.2, 0.25) is 0 Å². The van der Waals surface area contributed by atoms with Gasteiger partial charge in [-0.25, -0.2) is 8.42 Å². The van der Waals surface area contributed by atoms with Crippen LogP contribution in [-0.2, 0) is 10.0 Å². The van der Waals surface area contributed by atoms with Gasteiger partial charge in [-0.1, -0.05) is 40.2 Å². The lowest BCUT2D eigenvalue weighted by molar-refractivity contribution is 0.603. The number of sulfonamides is 1. The van der Waals surface area contributed by atoms with Crippen LogP contribution in [0.3, 0.4) is 0 Å². The topological polar surface area (TPSA) is 46.2 Å². The van der Waals surface area contributed by atoms with Crippen molar-refractivity contribution < 1.29 is 8.42 Å². The summed E-state index contributed by atoms with van der Waals surface area (Å²) in [6.45, 7) is 1.89. The van der Waals surface area contributed by atoms with E-state index < -0.39 is 10.0 Å². The Kier molecular flexibility index (Phi) is 3.77. The van der Waals surface area contributed by atoms with Crippen LogP contribution in [0.5, 0.6) is 0 Å². The van der Waals surface area contributed by atoms with Gasteiger partial charge >= 0.3 is 0 Å². The Bertz CT molecular complexity index is 916. The molecule has 108 valence electrons. The minimum Gasteiger partial charge on any atom is -0.278 e. The second-order valence-electron chi connectivity index (χ2n) is 4.61. The van der Waals surface area contributed by atoms with Crippen LogP contribution in [0.4, 0.5) is 5.69 Å². The van der Waals surface area contributed by atoms with Crippen LogP contribution in [0, 0.1) is 6.92 Å². The molecule has 1 N–H and O–H groups in total. The van der Waals surface area contributed by atoms with Crippen molar-refractivity contribution >= 4 is 53.7 Å². The second kappa shape index (κ2) is 5.44. The molecule has 2 aromatic carbocycles. The molecule has 0 aliphatic carbocycles. The van der Waals surface area contributed by atoms with E-state index in [0.29, 0.717) is 9.90 Å². The van der Waals surface area contributed by atoms with E-state index in [4.69, 9.17) is 0 Å². The molecule has 3 rings (SSSR count). The van der Waals surface area contributed by atoms with Gasteiger partial charge in [0.05, 0.1) is 5.69 Å². The lowest BCUT2D eigenvalue weighted by atomic mass is 10.1. The van der Waals surface area contributed by atoms with E-state index in [1.807, 2.05) is 37.3 Å². The largest absolute Gasteiger partial charge is 0.278 e. The average molecular weight is 382 g/mol. The molecular formula is C15H12BrNO2S2. The molecule has 0 saturated carbocycles. The van der Waals surface area contributed by atoms with Crippen LogP contribution in [0.2, 0.25) is 0 Å². The maximum atomic E-state index is 12.4. The summed E-state index contributed by atoms with van der Waals surface area (Å²) in [7, 11) is -3.54. The highest BCUT2D eigenvalue weighted by molar-refractivity contribution is 9.10. The van der Waals surface area contributed by atoms with E-state index in [1.54, 1.807) is 18.2 Å². The summed E-state index contributed by atoms with van der Waals surface area (Å²) in [5.74, 6) is 0. The Morgan fingerprint density at radius 2 is 1.71 bits per heavy atom. The molecule has 21 heavy (non-hydrogen) atoms. The van der Waals surface area contributed by atoms with E-state index in [9.17, 15) is 8.42 Å². The highest BCUT2D eigenvalue weighted by Gasteiger charge is 2.17. The van der Waals surface area contributed by atoms with Gasteiger partial charge in [0.1, 0.15) is 4.21 Å². The molecule has 1 heterocycles. The van der Waals surface area contributed by atoms with Gasteiger partial charge in [0, 0.05) is 14.7 Å². The van der Waals surface area contributed by atoms with Crippen LogP contribution < -0.4 is 4.72 Å². The monoisotopic (exact) mass is 381 g/mol. The molecule has 0 radical (unpaired) electrons. The summed E-state index contributed by atoms with van der Waals surface area (Å²) >= 11 is 4.75. The van der Waals surface area contributed by atoms with Crippen LogP contribution in [0.1, 0.15) is 4.88 Å². The van der Waals surface area contributed by atoms with Gasteiger partial charge in [0.25, 0.3) is 10.0 Å². The number of thiophene rings is 1. The predicted octanol–water partition coefficient (Wildman–Crippen LogP) is 4.77. The molecular weight excluding hydrogens is 370 g/mol. The van der Waals surface area contributed by atoms with Gasteiger partial charge in [-0.05, 0) is 36.6 Å². The third-order valence-corrected chi connectivity index (χ3v) is 6.65. The van der Waals surface area contributed by atoms with Crippen LogP contribution >= 0.6 is 27.3 Å². The molecule has 3 aromatic rings. The molecule has 0 spiro atoms. The number of fused-ring (bicyclic) bond motifs is 1. The van der Waals surface area contributed by atoms with Crippen molar-refractivity contribution in [2.75, 3.05) is 4.72 Å². The summed E-state index contributed by atoms with van der Waals surface area (Å²) in [4.78, 5) is 0.969. The molecule has 0 unspecified atom stereocenters. The molecule has 6 heteroatoms. The minimum absolute atomic E-state index is 0.326. The summed E-state index contributed by atoms with van der Waals surface area (Å²) in [6.07, 6.45) is 0. The number of rotatable bonds is 3. The third kappa shape index (κ3) is 2.84. The van der Waals surface area contributed by atoms with E-state index in [-0.39, 0.29) is 0 Å². The van der Waals surface area contributed by atoms with Crippen LogP contribution in [-0.4, -0.2) is 8.42 Å².